The Bertz CT molecular complexity index is 396. The number of unbranched alkanes of at least 4 members (excludes halogenated alkanes) is 2. The number of methoxy groups -OCH3 is 1. The highest BCUT2D eigenvalue weighted by Crippen LogP contribution is 2.27. The predicted molar refractivity (Wildman–Crippen MR) is 65.9 cm³/mol. The van der Waals surface area contributed by atoms with E-state index in [1.165, 1.54) is 0 Å². The van der Waals surface area contributed by atoms with Gasteiger partial charge in [-0.15, -0.1) is 0 Å². The van der Waals surface area contributed by atoms with Crippen LogP contribution in [0.4, 0.5) is 0 Å². The molecule has 0 N–H and O–H groups in total. The molecule has 0 amide bonds. The van der Waals surface area contributed by atoms with Gasteiger partial charge in [0.25, 0.3) is 0 Å². The van der Waals surface area contributed by atoms with Crippen molar-refractivity contribution in [2.45, 2.75) is 32.6 Å². The van der Waals surface area contributed by atoms with Gasteiger partial charge in [0.2, 0.25) is 0 Å². The van der Waals surface area contributed by atoms with Crippen LogP contribution in [0.25, 0.3) is 0 Å². The number of rotatable bonds is 5. The molecule has 0 aromatic heterocycles. The maximum atomic E-state index is 8.45. The van der Waals surface area contributed by atoms with E-state index in [1.54, 1.807) is 7.11 Å². The van der Waals surface area contributed by atoms with E-state index in [0.717, 1.165) is 41.2 Å². The molecule has 16 heavy (non-hydrogen) atoms. The molecule has 0 saturated heterocycles. The number of nitriles is 1. The van der Waals surface area contributed by atoms with Crippen molar-refractivity contribution in [1.82, 2.24) is 0 Å². The molecule has 1 aromatic carbocycles. The molecule has 0 unspecified atom stereocenters. The second-order valence-electron chi connectivity index (χ2n) is 3.78. The molecule has 0 bridgehead atoms. The lowest BCUT2D eigenvalue weighted by Crippen LogP contribution is -1.94. The minimum atomic E-state index is 0.613. The Morgan fingerprint density at radius 1 is 1.38 bits per heavy atom. The summed E-state index contributed by atoms with van der Waals surface area (Å²) in [6.07, 6.45) is 3.43. The second-order valence-corrected chi connectivity index (χ2v) is 4.19. The van der Waals surface area contributed by atoms with Gasteiger partial charge in [-0.25, -0.2) is 0 Å². The van der Waals surface area contributed by atoms with Gasteiger partial charge in [-0.3, -0.25) is 0 Å². The van der Waals surface area contributed by atoms with Crippen LogP contribution < -0.4 is 4.74 Å². The predicted octanol–water partition coefficient (Wildman–Crippen LogP) is 3.89. The fourth-order valence-electron chi connectivity index (χ4n) is 1.60. The number of benzene rings is 1. The van der Waals surface area contributed by atoms with Crippen LogP contribution in [0.3, 0.4) is 0 Å². The number of aryl methyl sites for hydroxylation is 2. The van der Waals surface area contributed by atoms with Crippen molar-refractivity contribution >= 4 is 11.6 Å². The van der Waals surface area contributed by atoms with E-state index in [9.17, 15) is 0 Å². The Balaban J connectivity index is 2.71. The average Bonchev–Trinajstić information content (AvgIpc) is 2.28. The summed E-state index contributed by atoms with van der Waals surface area (Å²) in [5, 5.41) is 9.22. The maximum absolute atomic E-state index is 8.45. The van der Waals surface area contributed by atoms with Crippen LogP contribution >= 0.6 is 11.6 Å². The number of halogens is 1. The Morgan fingerprint density at radius 3 is 2.75 bits per heavy atom. The normalized spacial score (nSPS) is 9.88. The van der Waals surface area contributed by atoms with E-state index in [1.807, 2.05) is 19.1 Å². The third-order valence-corrected chi connectivity index (χ3v) is 2.95. The lowest BCUT2D eigenvalue weighted by Gasteiger charge is -2.10. The minimum absolute atomic E-state index is 0.613. The van der Waals surface area contributed by atoms with Gasteiger partial charge in [0.05, 0.1) is 13.2 Å². The Labute approximate surface area is 102 Å². The lowest BCUT2D eigenvalue weighted by atomic mass is 10.0. The number of hydrogen-bond acceptors (Lipinski definition) is 2. The molecule has 0 aliphatic rings. The van der Waals surface area contributed by atoms with E-state index in [2.05, 4.69) is 6.07 Å². The lowest BCUT2D eigenvalue weighted by molar-refractivity contribution is 0.408. The van der Waals surface area contributed by atoms with Crippen molar-refractivity contribution in [1.29, 1.82) is 5.26 Å². The quantitative estimate of drug-likeness (QED) is 0.728. The largest absolute Gasteiger partial charge is 0.496 e. The van der Waals surface area contributed by atoms with E-state index < -0.39 is 0 Å². The zero-order chi connectivity index (χ0) is 12.0. The summed E-state index contributed by atoms with van der Waals surface area (Å²) >= 11 is 6.07. The molecule has 0 fully saturated rings. The topological polar surface area (TPSA) is 33.0 Å². The summed E-state index contributed by atoms with van der Waals surface area (Å²) in [6.45, 7) is 1.96. The SMILES string of the molecule is COc1cc(C)c(Cl)cc1CCCCC#N. The van der Waals surface area contributed by atoms with Crippen LogP contribution in [0, 0.1) is 18.3 Å². The van der Waals surface area contributed by atoms with Crippen LogP contribution in [0.1, 0.15) is 30.4 Å². The third-order valence-electron chi connectivity index (χ3n) is 2.55. The third kappa shape index (κ3) is 3.43. The van der Waals surface area contributed by atoms with E-state index in [4.69, 9.17) is 21.6 Å². The van der Waals surface area contributed by atoms with E-state index in [-0.39, 0.29) is 0 Å². The minimum Gasteiger partial charge on any atom is -0.496 e. The Hall–Kier alpha value is -1.20. The highest BCUT2D eigenvalue weighted by atomic mass is 35.5. The van der Waals surface area contributed by atoms with Crippen LogP contribution in [0.15, 0.2) is 12.1 Å². The average molecular weight is 238 g/mol. The standard InChI is InChI=1S/C13H16ClNO/c1-10-8-13(16-2)11(9-12(10)14)6-4-3-5-7-15/h8-9H,3-6H2,1-2H3. The summed E-state index contributed by atoms with van der Waals surface area (Å²) in [4.78, 5) is 0. The molecule has 2 nitrogen and oxygen atoms in total. The summed E-state index contributed by atoms with van der Waals surface area (Å²) in [5.74, 6) is 0.888. The molecule has 3 heteroatoms. The molecule has 0 spiro atoms. The van der Waals surface area contributed by atoms with Crippen molar-refractivity contribution in [3.8, 4) is 11.8 Å². The van der Waals surface area contributed by atoms with Gasteiger partial charge in [0.15, 0.2) is 0 Å². The molecule has 1 aromatic rings. The second kappa shape index (κ2) is 6.40. The molecule has 0 atom stereocenters. The van der Waals surface area contributed by atoms with Gasteiger partial charge in [-0.1, -0.05) is 11.6 Å². The molecule has 0 aliphatic carbocycles. The Morgan fingerprint density at radius 2 is 2.12 bits per heavy atom. The monoisotopic (exact) mass is 237 g/mol. The molecular formula is C13H16ClNO. The zero-order valence-electron chi connectivity index (χ0n) is 9.72. The van der Waals surface area contributed by atoms with Gasteiger partial charge in [0, 0.05) is 11.4 Å². The van der Waals surface area contributed by atoms with Crippen LogP contribution in [-0.4, -0.2) is 7.11 Å². The fourth-order valence-corrected chi connectivity index (χ4v) is 1.79. The summed E-state index contributed by atoms with van der Waals surface area (Å²) < 4.78 is 5.31. The first-order valence-corrected chi connectivity index (χ1v) is 5.76. The molecular weight excluding hydrogens is 222 g/mol. The number of hydrogen-bond donors (Lipinski definition) is 0. The number of nitrogens with zero attached hydrogens (tertiary/aromatic N) is 1. The molecule has 86 valence electrons. The Kier molecular flexibility index (Phi) is 5.14. The van der Waals surface area contributed by atoms with E-state index in [0.29, 0.717) is 6.42 Å². The first-order chi connectivity index (χ1) is 7.69. The first-order valence-electron chi connectivity index (χ1n) is 5.39. The molecule has 0 radical (unpaired) electrons. The maximum Gasteiger partial charge on any atom is 0.122 e. The molecule has 0 saturated carbocycles. The molecule has 0 aliphatic heterocycles. The molecule has 0 heterocycles. The van der Waals surface area contributed by atoms with Crippen LogP contribution in [0.5, 0.6) is 5.75 Å². The van der Waals surface area contributed by atoms with Gasteiger partial charge >= 0.3 is 0 Å². The smallest absolute Gasteiger partial charge is 0.122 e. The van der Waals surface area contributed by atoms with Crippen LogP contribution in [-0.2, 0) is 6.42 Å². The van der Waals surface area contributed by atoms with Gasteiger partial charge in [-0.2, -0.15) is 5.26 Å². The highest BCUT2D eigenvalue weighted by molar-refractivity contribution is 6.31. The molecule has 1 rings (SSSR count). The van der Waals surface area contributed by atoms with Gasteiger partial charge < -0.3 is 4.74 Å². The van der Waals surface area contributed by atoms with Crippen molar-refractivity contribution in [3.63, 3.8) is 0 Å². The van der Waals surface area contributed by atoms with Crippen molar-refractivity contribution < 1.29 is 4.74 Å². The summed E-state index contributed by atoms with van der Waals surface area (Å²) in [5.41, 5.74) is 2.15. The van der Waals surface area contributed by atoms with Crippen molar-refractivity contribution in [3.05, 3.63) is 28.3 Å². The van der Waals surface area contributed by atoms with Crippen molar-refractivity contribution in [2.75, 3.05) is 7.11 Å². The van der Waals surface area contributed by atoms with Gasteiger partial charge in [-0.05, 0) is 49.4 Å². The van der Waals surface area contributed by atoms with E-state index >= 15 is 0 Å². The zero-order valence-corrected chi connectivity index (χ0v) is 10.5. The first kappa shape index (κ1) is 12.9. The van der Waals surface area contributed by atoms with Gasteiger partial charge in [0.1, 0.15) is 5.75 Å². The highest BCUT2D eigenvalue weighted by Gasteiger charge is 2.06. The van der Waals surface area contributed by atoms with Crippen LogP contribution in [0.2, 0.25) is 5.02 Å². The number of ether oxygens (including phenoxy) is 1. The van der Waals surface area contributed by atoms with Crippen molar-refractivity contribution in [2.24, 2.45) is 0 Å². The summed E-state index contributed by atoms with van der Waals surface area (Å²) in [7, 11) is 1.67. The summed E-state index contributed by atoms with van der Waals surface area (Å²) in [6, 6.07) is 6.07. The fraction of sp³-hybridized carbons (Fsp3) is 0.462.